The van der Waals surface area contributed by atoms with Crippen molar-refractivity contribution in [3.8, 4) is 0 Å². The second-order valence-corrected chi connectivity index (χ2v) is 7.67. The van der Waals surface area contributed by atoms with Crippen LogP contribution in [0.15, 0.2) is 36.4 Å². The summed E-state index contributed by atoms with van der Waals surface area (Å²) in [6, 6.07) is 11.6. The molecular weight excluding hydrogens is 340 g/mol. The summed E-state index contributed by atoms with van der Waals surface area (Å²) in [5.41, 5.74) is 4.50. The van der Waals surface area contributed by atoms with E-state index in [1.807, 2.05) is 62.0 Å². The van der Waals surface area contributed by atoms with Gasteiger partial charge >= 0.3 is 0 Å². The molecule has 0 saturated carbocycles. The molecule has 126 valence electrons. The van der Waals surface area contributed by atoms with Gasteiger partial charge in [-0.1, -0.05) is 29.3 Å². The van der Waals surface area contributed by atoms with Gasteiger partial charge in [-0.05, 0) is 43.7 Å². The largest absolute Gasteiger partial charge is 0.369 e. The van der Waals surface area contributed by atoms with E-state index in [2.05, 4.69) is 10.2 Å². The monoisotopic (exact) mass is 360 g/mol. The summed E-state index contributed by atoms with van der Waals surface area (Å²) in [5, 5.41) is 3.63. The third-order valence-electron chi connectivity index (χ3n) is 4.20. The lowest BCUT2D eigenvalue weighted by atomic mass is 10.0. The number of amides is 1. The molecule has 0 bridgehead atoms. The Balaban J connectivity index is 1.77. The molecule has 2 aromatic carbocycles. The van der Waals surface area contributed by atoms with Crippen LogP contribution in [-0.2, 0) is 0 Å². The van der Waals surface area contributed by atoms with Crippen LogP contribution < -0.4 is 10.2 Å². The van der Waals surface area contributed by atoms with Crippen molar-refractivity contribution in [1.29, 1.82) is 0 Å². The van der Waals surface area contributed by atoms with Crippen LogP contribution in [0.2, 0.25) is 5.02 Å². The smallest absolute Gasteiger partial charge is 0.255 e. The van der Waals surface area contributed by atoms with Crippen molar-refractivity contribution < 1.29 is 4.79 Å². The van der Waals surface area contributed by atoms with Crippen molar-refractivity contribution in [2.75, 3.05) is 34.8 Å². The Bertz CT molecular complexity index is 757. The van der Waals surface area contributed by atoms with E-state index in [0.717, 1.165) is 47.1 Å². The summed E-state index contributed by atoms with van der Waals surface area (Å²) < 4.78 is 0. The van der Waals surface area contributed by atoms with Crippen LogP contribution in [0, 0.1) is 13.8 Å². The van der Waals surface area contributed by atoms with Gasteiger partial charge in [-0.15, -0.1) is 0 Å². The molecular formula is C19H21ClN2OS. The van der Waals surface area contributed by atoms with Crippen LogP contribution in [0.1, 0.15) is 21.5 Å². The fraction of sp³-hybridized carbons (Fsp3) is 0.316. The summed E-state index contributed by atoms with van der Waals surface area (Å²) in [6.07, 6.45) is 0. The van der Waals surface area contributed by atoms with Gasteiger partial charge in [-0.3, -0.25) is 4.79 Å². The Morgan fingerprint density at radius 1 is 1.12 bits per heavy atom. The van der Waals surface area contributed by atoms with Gasteiger partial charge in [0.1, 0.15) is 0 Å². The Hall–Kier alpha value is -1.65. The highest BCUT2D eigenvalue weighted by atomic mass is 35.5. The van der Waals surface area contributed by atoms with Gasteiger partial charge in [0.15, 0.2) is 0 Å². The predicted octanol–water partition coefficient (Wildman–Crippen LogP) is 4.76. The maximum Gasteiger partial charge on any atom is 0.255 e. The number of hydrogen-bond donors (Lipinski definition) is 1. The van der Waals surface area contributed by atoms with E-state index in [1.54, 1.807) is 0 Å². The fourth-order valence-corrected chi connectivity index (χ4v) is 4.03. The topological polar surface area (TPSA) is 32.3 Å². The summed E-state index contributed by atoms with van der Waals surface area (Å²) in [7, 11) is 0. The minimum atomic E-state index is -0.102. The van der Waals surface area contributed by atoms with Crippen molar-refractivity contribution >= 4 is 40.6 Å². The molecule has 0 unspecified atom stereocenters. The Morgan fingerprint density at radius 2 is 1.88 bits per heavy atom. The number of rotatable bonds is 3. The first kappa shape index (κ1) is 17.2. The van der Waals surface area contributed by atoms with Gasteiger partial charge in [-0.25, -0.2) is 0 Å². The Kier molecular flexibility index (Phi) is 5.36. The molecule has 0 atom stereocenters. The maximum atomic E-state index is 12.5. The highest BCUT2D eigenvalue weighted by Gasteiger charge is 2.15. The number of thioether (sulfide) groups is 1. The molecule has 1 saturated heterocycles. The van der Waals surface area contributed by atoms with E-state index in [9.17, 15) is 4.79 Å². The molecule has 1 aliphatic heterocycles. The minimum Gasteiger partial charge on any atom is -0.369 e. The quantitative estimate of drug-likeness (QED) is 0.856. The van der Waals surface area contributed by atoms with Gasteiger partial charge in [0.05, 0.1) is 10.7 Å². The third-order valence-corrected chi connectivity index (χ3v) is 5.44. The molecule has 1 aliphatic rings. The number of benzene rings is 2. The van der Waals surface area contributed by atoms with Gasteiger partial charge in [-0.2, -0.15) is 11.8 Å². The van der Waals surface area contributed by atoms with Gasteiger partial charge in [0.2, 0.25) is 0 Å². The molecule has 5 heteroatoms. The van der Waals surface area contributed by atoms with E-state index >= 15 is 0 Å². The van der Waals surface area contributed by atoms with Crippen LogP contribution in [0.5, 0.6) is 0 Å². The summed E-state index contributed by atoms with van der Waals surface area (Å²) in [6.45, 7) is 5.95. The average Bonchev–Trinajstić information content (AvgIpc) is 2.58. The lowest BCUT2D eigenvalue weighted by Crippen LogP contribution is -2.32. The number of halogens is 1. The van der Waals surface area contributed by atoms with Crippen molar-refractivity contribution in [3.05, 3.63) is 58.1 Å². The van der Waals surface area contributed by atoms with Crippen LogP contribution in [0.3, 0.4) is 0 Å². The van der Waals surface area contributed by atoms with Crippen LogP contribution in [-0.4, -0.2) is 30.5 Å². The number of aryl methyl sites for hydroxylation is 2. The number of nitrogens with one attached hydrogen (secondary N) is 1. The molecule has 1 N–H and O–H groups in total. The molecule has 1 heterocycles. The molecule has 3 rings (SSSR count). The van der Waals surface area contributed by atoms with Crippen molar-refractivity contribution in [2.24, 2.45) is 0 Å². The molecule has 1 fully saturated rings. The standard InChI is InChI=1S/C19H21ClN2OS/c1-13-3-4-14(2)16(11-13)19(23)21-15-5-6-18(17(20)12-15)22-7-9-24-10-8-22/h3-6,11-12H,7-10H2,1-2H3,(H,21,23). The molecule has 0 radical (unpaired) electrons. The number of hydrogen-bond acceptors (Lipinski definition) is 3. The van der Waals surface area contributed by atoms with Crippen molar-refractivity contribution in [3.63, 3.8) is 0 Å². The lowest BCUT2D eigenvalue weighted by Gasteiger charge is -2.29. The number of carbonyl (C=O) groups is 1. The zero-order chi connectivity index (χ0) is 17.1. The van der Waals surface area contributed by atoms with E-state index < -0.39 is 0 Å². The van der Waals surface area contributed by atoms with Crippen molar-refractivity contribution in [1.82, 2.24) is 0 Å². The van der Waals surface area contributed by atoms with E-state index in [1.165, 1.54) is 0 Å². The van der Waals surface area contributed by atoms with Crippen LogP contribution in [0.4, 0.5) is 11.4 Å². The second kappa shape index (κ2) is 7.49. The Morgan fingerprint density at radius 3 is 2.58 bits per heavy atom. The maximum absolute atomic E-state index is 12.5. The zero-order valence-corrected chi connectivity index (χ0v) is 15.5. The van der Waals surface area contributed by atoms with Gasteiger partial charge < -0.3 is 10.2 Å². The lowest BCUT2D eigenvalue weighted by molar-refractivity contribution is 0.102. The SMILES string of the molecule is Cc1ccc(C)c(C(=O)Nc2ccc(N3CCSCC3)c(Cl)c2)c1. The number of anilines is 2. The van der Waals surface area contributed by atoms with Gasteiger partial charge in [0.25, 0.3) is 5.91 Å². The summed E-state index contributed by atoms with van der Waals surface area (Å²) >= 11 is 8.42. The summed E-state index contributed by atoms with van der Waals surface area (Å²) in [5.74, 6) is 2.15. The fourth-order valence-electron chi connectivity index (χ4n) is 2.82. The first-order chi connectivity index (χ1) is 11.5. The van der Waals surface area contributed by atoms with E-state index in [4.69, 9.17) is 11.6 Å². The number of carbonyl (C=O) groups excluding carboxylic acids is 1. The normalized spacial score (nSPS) is 14.5. The predicted molar refractivity (Wildman–Crippen MR) is 105 cm³/mol. The van der Waals surface area contributed by atoms with Crippen LogP contribution >= 0.6 is 23.4 Å². The molecule has 1 amide bonds. The molecule has 24 heavy (non-hydrogen) atoms. The highest BCUT2D eigenvalue weighted by molar-refractivity contribution is 7.99. The van der Waals surface area contributed by atoms with E-state index in [0.29, 0.717) is 10.6 Å². The van der Waals surface area contributed by atoms with E-state index in [-0.39, 0.29) is 5.91 Å². The first-order valence-electron chi connectivity index (χ1n) is 8.05. The van der Waals surface area contributed by atoms with Gasteiger partial charge in [0, 0.05) is 35.8 Å². The molecule has 0 aliphatic carbocycles. The minimum absolute atomic E-state index is 0.102. The zero-order valence-electron chi connectivity index (χ0n) is 13.9. The first-order valence-corrected chi connectivity index (χ1v) is 9.59. The van der Waals surface area contributed by atoms with Crippen LogP contribution in [0.25, 0.3) is 0 Å². The third kappa shape index (κ3) is 3.87. The average molecular weight is 361 g/mol. The number of nitrogens with zero attached hydrogens (tertiary/aromatic N) is 1. The highest BCUT2D eigenvalue weighted by Crippen LogP contribution is 2.30. The Labute approximate surface area is 152 Å². The molecule has 2 aromatic rings. The van der Waals surface area contributed by atoms with Crippen molar-refractivity contribution in [2.45, 2.75) is 13.8 Å². The molecule has 0 spiro atoms. The molecule has 3 nitrogen and oxygen atoms in total. The molecule has 0 aromatic heterocycles. The summed E-state index contributed by atoms with van der Waals surface area (Å²) in [4.78, 5) is 14.8. The second-order valence-electron chi connectivity index (χ2n) is 6.04.